The standard InChI is InChI=1S/C12H13F3N2S/c1-5(2)8-7(12(13,14)15)4-6(3)9-10(8)18-11(16)17-9/h4-5H,1-3H3,(H2,16,17). The number of benzene rings is 1. The zero-order chi connectivity index (χ0) is 13.7. The summed E-state index contributed by atoms with van der Waals surface area (Å²) in [7, 11) is 0. The maximum atomic E-state index is 13.1. The topological polar surface area (TPSA) is 38.9 Å². The number of anilines is 1. The van der Waals surface area contributed by atoms with Crippen LogP contribution >= 0.6 is 11.3 Å². The Bertz CT molecular complexity index is 599. The molecule has 0 aliphatic carbocycles. The van der Waals surface area contributed by atoms with Gasteiger partial charge in [-0.05, 0) is 30.0 Å². The highest BCUT2D eigenvalue weighted by atomic mass is 32.1. The van der Waals surface area contributed by atoms with Crippen LogP contribution < -0.4 is 5.73 Å². The molecule has 1 aromatic heterocycles. The van der Waals surface area contributed by atoms with Gasteiger partial charge in [-0.3, -0.25) is 0 Å². The third-order valence-electron chi connectivity index (χ3n) is 2.80. The van der Waals surface area contributed by atoms with Crippen molar-refractivity contribution >= 4 is 26.7 Å². The minimum absolute atomic E-state index is 0.232. The van der Waals surface area contributed by atoms with Gasteiger partial charge in [0.05, 0.1) is 15.8 Å². The molecular weight excluding hydrogens is 261 g/mol. The number of aromatic nitrogens is 1. The molecule has 2 rings (SSSR count). The van der Waals surface area contributed by atoms with Crippen molar-refractivity contribution in [1.82, 2.24) is 4.98 Å². The monoisotopic (exact) mass is 274 g/mol. The summed E-state index contributed by atoms with van der Waals surface area (Å²) < 4.78 is 39.8. The van der Waals surface area contributed by atoms with E-state index < -0.39 is 11.7 Å². The number of aryl methyl sites for hydroxylation is 1. The Hall–Kier alpha value is -1.30. The molecule has 0 aliphatic rings. The van der Waals surface area contributed by atoms with Crippen LogP contribution in [0.4, 0.5) is 18.3 Å². The molecular formula is C12H13F3N2S. The van der Waals surface area contributed by atoms with E-state index in [9.17, 15) is 13.2 Å². The SMILES string of the molecule is Cc1cc(C(F)(F)F)c(C(C)C)c2sc(N)nc12. The van der Waals surface area contributed by atoms with Crippen molar-refractivity contribution in [2.45, 2.75) is 32.9 Å². The van der Waals surface area contributed by atoms with Gasteiger partial charge in [0.2, 0.25) is 0 Å². The van der Waals surface area contributed by atoms with Gasteiger partial charge in [-0.2, -0.15) is 13.2 Å². The minimum atomic E-state index is -4.35. The van der Waals surface area contributed by atoms with Gasteiger partial charge in [-0.25, -0.2) is 4.98 Å². The van der Waals surface area contributed by atoms with E-state index in [-0.39, 0.29) is 11.5 Å². The zero-order valence-electron chi connectivity index (χ0n) is 10.2. The molecule has 0 fully saturated rings. The van der Waals surface area contributed by atoms with E-state index in [0.717, 1.165) is 17.4 Å². The highest BCUT2D eigenvalue weighted by molar-refractivity contribution is 7.22. The van der Waals surface area contributed by atoms with Crippen molar-refractivity contribution < 1.29 is 13.2 Å². The normalized spacial score (nSPS) is 12.6. The number of hydrogen-bond donors (Lipinski definition) is 1. The van der Waals surface area contributed by atoms with E-state index in [1.165, 1.54) is 0 Å². The van der Waals surface area contributed by atoms with E-state index in [1.54, 1.807) is 20.8 Å². The van der Waals surface area contributed by atoms with Gasteiger partial charge in [-0.1, -0.05) is 25.2 Å². The van der Waals surface area contributed by atoms with Crippen LogP contribution in [-0.4, -0.2) is 4.98 Å². The van der Waals surface area contributed by atoms with Crippen LogP contribution in [-0.2, 0) is 6.18 Å². The average Bonchev–Trinajstić information content (AvgIpc) is 2.57. The number of rotatable bonds is 1. The van der Waals surface area contributed by atoms with E-state index in [1.807, 2.05) is 0 Å². The van der Waals surface area contributed by atoms with E-state index in [0.29, 0.717) is 20.9 Å². The lowest BCUT2D eigenvalue weighted by atomic mass is 9.94. The number of hydrogen-bond acceptors (Lipinski definition) is 3. The van der Waals surface area contributed by atoms with E-state index >= 15 is 0 Å². The summed E-state index contributed by atoms with van der Waals surface area (Å²) in [6.07, 6.45) is -4.35. The predicted octanol–water partition coefficient (Wildman–Crippen LogP) is 4.33. The highest BCUT2D eigenvalue weighted by Gasteiger charge is 2.36. The fraction of sp³-hybridized carbons (Fsp3) is 0.417. The number of nitrogens with two attached hydrogens (primary N) is 1. The molecule has 18 heavy (non-hydrogen) atoms. The van der Waals surface area contributed by atoms with Gasteiger partial charge in [0.1, 0.15) is 0 Å². The minimum Gasteiger partial charge on any atom is -0.375 e. The Balaban J connectivity index is 2.91. The van der Waals surface area contributed by atoms with Crippen LogP contribution in [0.1, 0.15) is 36.5 Å². The van der Waals surface area contributed by atoms with Crippen LogP contribution in [0, 0.1) is 6.92 Å². The molecule has 2 N–H and O–H groups in total. The average molecular weight is 274 g/mol. The molecule has 0 spiro atoms. The van der Waals surface area contributed by atoms with Crippen molar-refractivity contribution in [3.8, 4) is 0 Å². The first kappa shape index (κ1) is 13.1. The van der Waals surface area contributed by atoms with Gasteiger partial charge in [0, 0.05) is 0 Å². The number of fused-ring (bicyclic) bond motifs is 1. The maximum Gasteiger partial charge on any atom is 0.416 e. The Morgan fingerprint density at radius 2 is 1.94 bits per heavy atom. The lowest BCUT2D eigenvalue weighted by Gasteiger charge is -2.17. The highest BCUT2D eigenvalue weighted by Crippen LogP contribution is 2.42. The fourth-order valence-corrected chi connectivity index (χ4v) is 3.18. The molecule has 2 aromatic rings. The first-order chi connectivity index (χ1) is 8.21. The Labute approximate surface area is 107 Å². The van der Waals surface area contributed by atoms with Crippen molar-refractivity contribution in [3.63, 3.8) is 0 Å². The Kier molecular flexibility index (Phi) is 3.01. The van der Waals surface area contributed by atoms with Gasteiger partial charge in [-0.15, -0.1) is 0 Å². The summed E-state index contributed by atoms with van der Waals surface area (Å²) in [5, 5.41) is 0.300. The summed E-state index contributed by atoms with van der Waals surface area (Å²) in [4.78, 5) is 4.11. The van der Waals surface area contributed by atoms with Crippen LogP contribution in [0.3, 0.4) is 0 Å². The molecule has 0 saturated carbocycles. The van der Waals surface area contributed by atoms with Crippen LogP contribution in [0.15, 0.2) is 6.07 Å². The predicted molar refractivity (Wildman–Crippen MR) is 67.9 cm³/mol. The number of alkyl halides is 3. The van der Waals surface area contributed by atoms with E-state index in [4.69, 9.17) is 5.73 Å². The van der Waals surface area contributed by atoms with Crippen LogP contribution in [0.5, 0.6) is 0 Å². The van der Waals surface area contributed by atoms with Gasteiger partial charge in [0.15, 0.2) is 5.13 Å². The van der Waals surface area contributed by atoms with Gasteiger partial charge >= 0.3 is 6.18 Å². The molecule has 0 bridgehead atoms. The molecule has 1 aromatic carbocycles. The smallest absolute Gasteiger partial charge is 0.375 e. The number of nitrogen functional groups attached to an aromatic ring is 1. The molecule has 1 heterocycles. The molecule has 0 amide bonds. The summed E-state index contributed by atoms with van der Waals surface area (Å²) in [6, 6.07) is 1.16. The van der Waals surface area contributed by atoms with E-state index in [2.05, 4.69) is 4.98 Å². The van der Waals surface area contributed by atoms with Crippen molar-refractivity contribution in [2.24, 2.45) is 0 Å². The summed E-state index contributed by atoms with van der Waals surface area (Å²) in [6.45, 7) is 5.12. The molecule has 98 valence electrons. The molecule has 0 radical (unpaired) electrons. The lowest BCUT2D eigenvalue weighted by Crippen LogP contribution is -2.11. The zero-order valence-corrected chi connectivity index (χ0v) is 11.0. The summed E-state index contributed by atoms with van der Waals surface area (Å²) in [5.74, 6) is -0.232. The first-order valence-corrected chi connectivity index (χ1v) is 6.30. The molecule has 6 heteroatoms. The number of halogens is 3. The second-order valence-electron chi connectivity index (χ2n) is 4.54. The second-order valence-corrected chi connectivity index (χ2v) is 5.57. The molecule has 2 nitrogen and oxygen atoms in total. The largest absolute Gasteiger partial charge is 0.416 e. The third kappa shape index (κ3) is 2.05. The van der Waals surface area contributed by atoms with Crippen LogP contribution in [0.2, 0.25) is 0 Å². The van der Waals surface area contributed by atoms with Crippen molar-refractivity contribution in [3.05, 3.63) is 22.8 Å². The van der Waals surface area contributed by atoms with Crippen molar-refractivity contribution in [1.29, 1.82) is 0 Å². The summed E-state index contributed by atoms with van der Waals surface area (Å²) >= 11 is 1.12. The molecule has 0 atom stereocenters. The maximum absolute atomic E-state index is 13.1. The second kappa shape index (κ2) is 4.12. The Morgan fingerprint density at radius 3 is 2.44 bits per heavy atom. The third-order valence-corrected chi connectivity index (χ3v) is 3.71. The molecule has 0 unspecified atom stereocenters. The lowest BCUT2D eigenvalue weighted by molar-refractivity contribution is -0.138. The molecule has 0 aliphatic heterocycles. The van der Waals surface area contributed by atoms with Gasteiger partial charge in [0.25, 0.3) is 0 Å². The quantitative estimate of drug-likeness (QED) is 0.840. The number of thiazole rings is 1. The van der Waals surface area contributed by atoms with Crippen molar-refractivity contribution in [2.75, 3.05) is 5.73 Å². The fourth-order valence-electron chi connectivity index (χ4n) is 2.08. The summed E-state index contributed by atoms with van der Waals surface area (Å²) in [5.41, 5.74) is 6.41. The number of nitrogens with zero attached hydrogens (tertiary/aromatic N) is 1. The van der Waals surface area contributed by atoms with Gasteiger partial charge < -0.3 is 5.73 Å². The molecule has 0 saturated heterocycles. The Morgan fingerprint density at radius 1 is 1.33 bits per heavy atom. The van der Waals surface area contributed by atoms with Crippen LogP contribution in [0.25, 0.3) is 10.2 Å². The first-order valence-electron chi connectivity index (χ1n) is 5.48.